The van der Waals surface area contributed by atoms with Crippen LogP contribution < -0.4 is 16.2 Å². The number of pyridine rings is 1. The van der Waals surface area contributed by atoms with E-state index in [-0.39, 0.29) is 17.5 Å². The number of likely N-dealkylation sites (tertiary alicyclic amines) is 1. The first-order valence-electron chi connectivity index (χ1n) is 9.01. The molecule has 3 N–H and O–H groups in total. The minimum atomic E-state index is -0.197. The van der Waals surface area contributed by atoms with E-state index in [0.717, 1.165) is 17.7 Å². The van der Waals surface area contributed by atoms with Crippen LogP contribution in [0.3, 0.4) is 0 Å². The quantitative estimate of drug-likeness (QED) is 0.625. The fourth-order valence-corrected chi connectivity index (χ4v) is 2.81. The van der Waals surface area contributed by atoms with Gasteiger partial charge >= 0.3 is 0 Å². The SMILES string of the molecule is CCc1cncc(-c2c[nH]c(=O)c(NC3CN(C(=O)/C=C/CNC)C3)c2)n1. The number of aryl methyl sites for hydroxylation is 1. The van der Waals surface area contributed by atoms with Crippen LogP contribution in [0.4, 0.5) is 5.69 Å². The van der Waals surface area contributed by atoms with Gasteiger partial charge in [0.05, 0.1) is 23.6 Å². The summed E-state index contributed by atoms with van der Waals surface area (Å²) < 4.78 is 0. The lowest BCUT2D eigenvalue weighted by Gasteiger charge is -2.39. The number of aromatic amines is 1. The van der Waals surface area contributed by atoms with Gasteiger partial charge in [0.2, 0.25) is 5.91 Å². The number of aromatic nitrogens is 3. The highest BCUT2D eigenvalue weighted by atomic mass is 16.2. The lowest BCUT2D eigenvalue weighted by Crippen LogP contribution is -2.57. The Labute approximate surface area is 157 Å². The molecule has 8 nitrogen and oxygen atoms in total. The highest BCUT2D eigenvalue weighted by Gasteiger charge is 2.29. The molecular weight excluding hydrogens is 344 g/mol. The third-order valence-corrected chi connectivity index (χ3v) is 4.38. The fraction of sp³-hybridized carbons (Fsp3) is 0.368. The second-order valence-corrected chi connectivity index (χ2v) is 6.42. The topological polar surface area (TPSA) is 103 Å². The normalized spacial score (nSPS) is 14.4. The average Bonchev–Trinajstić information content (AvgIpc) is 2.65. The van der Waals surface area contributed by atoms with E-state index >= 15 is 0 Å². The Hall–Kier alpha value is -3.00. The maximum atomic E-state index is 12.1. The minimum absolute atomic E-state index is 0.0161. The van der Waals surface area contributed by atoms with Gasteiger partial charge in [-0.25, -0.2) is 4.98 Å². The predicted octanol–water partition coefficient (Wildman–Crippen LogP) is 0.793. The van der Waals surface area contributed by atoms with Crippen LogP contribution in [-0.2, 0) is 11.2 Å². The number of nitrogens with zero attached hydrogens (tertiary/aromatic N) is 3. The number of hydrogen-bond donors (Lipinski definition) is 3. The number of amides is 1. The fourth-order valence-electron chi connectivity index (χ4n) is 2.81. The average molecular weight is 368 g/mol. The highest BCUT2D eigenvalue weighted by molar-refractivity contribution is 5.88. The minimum Gasteiger partial charge on any atom is -0.374 e. The van der Waals surface area contributed by atoms with Gasteiger partial charge in [-0.15, -0.1) is 0 Å². The molecule has 0 aromatic carbocycles. The molecule has 0 unspecified atom stereocenters. The van der Waals surface area contributed by atoms with Gasteiger partial charge in [0, 0.05) is 43.7 Å². The number of hydrogen-bond acceptors (Lipinski definition) is 6. The van der Waals surface area contributed by atoms with E-state index in [2.05, 4.69) is 25.6 Å². The Morgan fingerprint density at radius 3 is 2.96 bits per heavy atom. The van der Waals surface area contributed by atoms with Gasteiger partial charge in [0.25, 0.3) is 5.56 Å². The molecule has 1 fully saturated rings. The molecule has 0 atom stereocenters. The molecule has 2 aromatic rings. The molecule has 0 radical (unpaired) electrons. The van der Waals surface area contributed by atoms with Crippen molar-refractivity contribution in [2.45, 2.75) is 19.4 Å². The Balaban J connectivity index is 1.65. The maximum Gasteiger partial charge on any atom is 0.271 e. The van der Waals surface area contributed by atoms with E-state index in [9.17, 15) is 9.59 Å². The van der Waals surface area contributed by atoms with Crippen molar-refractivity contribution in [3.63, 3.8) is 0 Å². The van der Waals surface area contributed by atoms with E-state index in [1.807, 2.05) is 14.0 Å². The first-order chi connectivity index (χ1) is 13.1. The van der Waals surface area contributed by atoms with Gasteiger partial charge < -0.3 is 20.5 Å². The predicted molar refractivity (Wildman–Crippen MR) is 105 cm³/mol. The molecule has 1 saturated heterocycles. The van der Waals surface area contributed by atoms with Crippen LogP contribution >= 0.6 is 0 Å². The summed E-state index contributed by atoms with van der Waals surface area (Å²) in [7, 11) is 1.83. The zero-order chi connectivity index (χ0) is 19.2. The zero-order valence-electron chi connectivity index (χ0n) is 15.5. The number of nitrogens with one attached hydrogen (secondary N) is 3. The van der Waals surface area contributed by atoms with Crippen molar-refractivity contribution < 1.29 is 4.79 Å². The van der Waals surface area contributed by atoms with Gasteiger partial charge in [0.1, 0.15) is 5.69 Å². The summed E-state index contributed by atoms with van der Waals surface area (Å²) >= 11 is 0. The van der Waals surface area contributed by atoms with Crippen LogP contribution in [0.15, 0.2) is 41.6 Å². The van der Waals surface area contributed by atoms with Gasteiger partial charge in [-0.2, -0.15) is 0 Å². The summed E-state index contributed by atoms with van der Waals surface area (Å²) in [5.74, 6) is -0.0161. The molecule has 3 rings (SSSR count). The van der Waals surface area contributed by atoms with Crippen LogP contribution in [0, 0.1) is 0 Å². The summed E-state index contributed by atoms with van der Waals surface area (Å²) in [5.41, 5.74) is 2.68. The molecule has 0 saturated carbocycles. The highest BCUT2D eigenvalue weighted by Crippen LogP contribution is 2.19. The van der Waals surface area contributed by atoms with Crippen LogP contribution in [0.2, 0.25) is 0 Å². The number of rotatable bonds is 7. The van der Waals surface area contributed by atoms with Gasteiger partial charge in [0.15, 0.2) is 0 Å². The third-order valence-electron chi connectivity index (χ3n) is 4.38. The Bertz CT molecular complexity index is 886. The van der Waals surface area contributed by atoms with Crippen molar-refractivity contribution in [3.05, 3.63) is 52.9 Å². The maximum absolute atomic E-state index is 12.1. The number of carbonyl (C=O) groups excluding carboxylic acids is 1. The Morgan fingerprint density at radius 2 is 2.22 bits per heavy atom. The van der Waals surface area contributed by atoms with Crippen LogP contribution in [0.5, 0.6) is 0 Å². The van der Waals surface area contributed by atoms with E-state index in [1.165, 1.54) is 0 Å². The molecular formula is C19H24N6O2. The second-order valence-electron chi connectivity index (χ2n) is 6.42. The van der Waals surface area contributed by atoms with Crippen LogP contribution in [-0.4, -0.2) is 58.5 Å². The molecule has 1 amide bonds. The molecule has 3 heterocycles. The van der Waals surface area contributed by atoms with Gasteiger partial charge in [-0.3, -0.25) is 14.6 Å². The summed E-state index contributed by atoms with van der Waals surface area (Å²) in [6.07, 6.45) is 9.21. The van der Waals surface area contributed by atoms with Gasteiger partial charge in [-0.05, 0) is 19.5 Å². The van der Waals surface area contributed by atoms with E-state index in [0.29, 0.717) is 31.0 Å². The number of anilines is 1. The summed E-state index contributed by atoms with van der Waals surface area (Å²) in [4.78, 5) is 37.3. The summed E-state index contributed by atoms with van der Waals surface area (Å²) in [6, 6.07) is 1.83. The summed E-state index contributed by atoms with van der Waals surface area (Å²) in [6.45, 7) is 3.81. The second kappa shape index (κ2) is 8.59. The van der Waals surface area contributed by atoms with Gasteiger partial charge in [-0.1, -0.05) is 13.0 Å². The van der Waals surface area contributed by atoms with Crippen LogP contribution in [0.1, 0.15) is 12.6 Å². The molecule has 8 heteroatoms. The molecule has 1 aliphatic heterocycles. The summed E-state index contributed by atoms with van der Waals surface area (Å²) in [5, 5.41) is 6.17. The lowest BCUT2D eigenvalue weighted by atomic mass is 10.1. The van der Waals surface area contributed by atoms with Crippen molar-refractivity contribution in [2.24, 2.45) is 0 Å². The van der Waals surface area contributed by atoms with E-state index in [1.54, 1.807) is 41.7 Å². The first kappa shape index (κ1) is 18.8. The Morgan fingerprint density at radius 1 is 1.41 bits per heavy atom. The van der Waals surface area contributed by atoms with Crippen molar-refractivity contribution in [2.75, 3.05) is 32.0 Å². The molecule has 0 bridgehead atoms. The number of H-pyrrole nitrogens is 1. The molecule has 27 heavy (non-hydrogen) atoms. The molecule has 142 valence electrons. The molecule has 0 spiro atoms. The van der Waals surface area contributed by atoms with Crippen molar-refractivity contribution in [1.82, 2.24) is 25.2 Å². The molecule has 2 aromatic heterocycles. The smallest absolute Gasteiger partial charge is 0.271 e. The van der Waals surface area contributed by atoms with Crippen LogP contribution in [0.25, 0.3) is 11.3 Å². The van der Waals surface area contributed by atoms with Crippen molar-refractivity contribution >= 4 is 11.6 Å². The van der Waals surface area contributed by atoms with Crippen molar-refractivity contribution in [1.29, 1.82) is 0 Å². The number of likely N-dealkylation sites (N-methyl/N-ethyl adjacent to an activating group) is 1. The van der Waals surface area contributed by atoms with Crippen molar-refractivity contribution in [3.8, 4) is 11.3 Å². The van der Waals surface area contributed by atoms with E-state index < -0.39 is 0 Å². The monoisotopic (exact) mass is 368 g/mol. The molecule has 0 aliphatic carbocycles. The standard InChI is InChI=1S/C19H24N6O2/c1-3-14-9-21-10-17(23-14)13-7-16(19(27)22-8-13)24-15-11-25(12-15)18(26)5-4-6-20-2/h4-5,7-10,15,20,24H,3,6,11-12H2,1-2H3,(H,22,27)/b5-4+. The number of carbonyl (C=O) groups is 1. The van der Waals surface area contributed by atoms with E-state index in [4.69, 9.17) is 0 Å². The zero-order valence-corrected chi connectivity index (χ0v) is 15.5. The largest absolute Gasteiger partial charge is 0.374 e. The first-order valence-corrected chi connectivity index (χ1v) is 9.01. The molecule has 1 aliphatic rings. The third kappa shape index (κ3) is 4.59. The lowest BCUT2D eigenvalue weighted by molar-refractivity contribution is -0.129. The Kier molecular flexibility index (Phi) is 5.97.